The molecule has 0 atom stereocenters. The van der Waals surface area contributed by atoms with E-state index in [-0.39, 0.29) is 27.9 Å². The standard InChI is InChI=1S/C31H31Cl2N3O5SSi/c1-40-31(37)25-19-27(35(20-41-17-18-43(2,3)4)29(25)24-11-8-12-26(32)28(24)33)22-13-15-34-30-23(22)14-16-36(30)42(38,39)21-9-6-5-7-10-21/h5-16,19H,17-18,20H2,1-4H3. The second kappa shape index (κ2) is 12.3. The first-order chi connectivity index (χ1) is 20.4. The summed E-state index contributed by atoms with van der Waals surface area (Å²) < 4.78 is 41.4. The second-order valence-corrected chi connectivity index (χ2v) is 19.4. The van der Waals surface area contributed by atoms with Crippen LogP contribution in [0.25, 0.3) is 33.5 Å². The summed E-state index contributed by atoms with van der Waals surface area (Å²) in [4.78, 5) is 17.8. The molecule has 43 heavy (non-hydrogen) atoms. The van der Waals surface area contributed by atoms with Crippen LogP contribution in [0.2, 0.25) is 35.7 Å². The Bertz CT molecular complexity index is 1920. The van der Waals surface area contributed by atoms with Gasteiger partial charge in [-0.25, -0.2) is 22.2 Å². The molecule has 0 aliphatic carbocycles. The summed E-state index contributed by atoms with van der Waals surface area (Å²) in [6, 6.07) is 19.5. The van der Waals surface area contributed by atoms with Gasteiger partial charge in [-0.2, -0.15) is 0 Å². The average Bonchev–Trinajstić information content (AvgIpc) is 3.59. The quantitative estimate of drug-likeness (QED) is 0.0865. The van der Waals surface area contributed by atoms with Crippen molar-refractivity contribution in [1.29, 1.82) is 0 Å². The zero-order valence-electron chi connectivity index (χ0n) is 24.2. The predicted octanol–water partition coefficient (Wildman–Crippen LogP) is 7.81. The summed E-state index contributed by atoms with van der Waals surface area (Å²) in [5.74, 6) is -0.567. The fraction of sp³-hybridized carbons (Fsp3) is 0.226. The van der Waals surface area contributed by atoms with Crippen LogP contribution in [0.3, 0.4) is 0 Å². The molecule has 0 amide bonds. The van der Waals surface area contributed by atoms with Crippen LogP contribution in [0.4, 0.5) is 0 Å². The third-order valence-corrected chi connectivity index (χ3v) is 11.3. The number of methoxy groups -OCH3 is 1. The number of fused-ring (bicyclic) bond motifs is 1. The number of benzene rings is 2. The molecule has 8 nitrogen and oxygen atoms in total. The van der Waals surface area contributed by atoms with Crippen molar-refractivity contribution < 1.29 is 22.7 Å². The first-order valence-electron chi connectivity index (χ1n) is 13.5. The van der Waals surface area contributed by atoms with Crippen LogP contribution in [0.15, 0.2) is 84.0 Å². The number of nitrogens with zero attached hydrogens (tertiary/aromatic N) is 3. The summed E-state index contributed by atoms with van der Waals surface area (Å²) >= 11 is 13.1. The molecule has 0 fully saturated rings. The largest absolute Gasteiger partial charge is 0.465 e. The van der Waals surface area contributed by atoms with Gasteiger partial charge in [-0.1, -0.05) is 73.2 Å². The van der Waals surface area contributed by atoms with Crippen molar-refractivity contribution in [2.45, 2.75) is 37.3 Å². The van der Waals surface area contributed by atoms with Gasteiger partial charge in [0.25, 0.3) is 10.0 Å². The monoisotopic (exact) mass is 655 g/mol. The van der Waals surface area contributed by atoms with E-state index >= 15 is 0 Å². The second-order valence-electron chi connectivity index (χ2n) is 11.2. The summed E-state index contributed by atoms with van der Waals surface area (Å²) in [6.07, 6.45) is 3.03. The maximum atomic E-state index is 13.5. The fourth-order valence-electron chi connectivity index (χ4n) is 4.82. The highest BCUT2D eigenvalue weighted by Crippen LogP contribution is 2.41. The number of rotatable bonds is 10. The predicted molar refractivity (Wildman–Crippen MR) is 173 cm³/mol. The molecule has 0 radical (unpaired) electrons. The maximum Gasteiger partial charge on any atom is 0.340 e. The number of carbonyl (C=O) groups excluding carboxylic acids is 1. The van der Waals surface area contributed by atoms with E-state index in [0.29, 0.717) is 39.5 Å². The van der Waals surface area contributed by atoms with Crippen molar-refractivity contribution in [1.82, 2.24) is 13.5 Å². The Balaban J connectivity index is 1.73. The molecule has 0 unspecified atom stereocenters. The molecule has 0 N–H and O–H groups in total. The molecule has 0 aliphatic heterocycles. The van der Waals surface area contributed by atoms with Crippen LogP contribution < -0.4 is 0 Å². The minimum atomic E-state index is -3.92. The minimum absolute atomic E-state index is 0.0990. The van der Waals surface area contributed by atoms with Crippen LogP contribution in [-0.2, 0) is 26.2 Å². The SMILES string of the molecule is COC(=O)c1cc(-c2ccnc3c2ccn3S(=O)(=O)c2ccccc2)n(COCC[Si](C)(C)C)c1-c1cccc(Cl)c1Cl. The Morgan fingerprint density at radius 3 is 2.42 bits per heavy atom. The smallest absolute Gasteiger partial charge is 0.340 e. The summed E-state index contributed by atoms with van der Waals surface area (Å²) in [5.41, 5.74) is 2.76. The Morgan fingerprint density at radius 2 is 1.72 bits per heavy atom. The minimum Gasteiger partial charge on any atom is -0.465 e. The van der Waals surface area contributed by atoms with E-state index in [4.69, 9.17) is 32.7 Å². The molecule has 2 aromatic carbocycles. The topological polar surface area (TPSA) is 92.4 Å². The number of hydrogen-bond acceptors (Lipinski definition) is 6. The Hall–Kier alpha value is -3.41. The van der Waals surface area contributed by atoms with Crippen molar-refractivity contribution in [2.24, 2.45) is 0 Å². The van der Waals surface area contributed by atoms with Crippen LogP contribution in [-0.4, -0.2) is 49.7 Å². The van der Waals surface area contributed by atoms with Crippen LogP contribution in [0, 0.1) is 0 Å². The Labute approximate surface area is 261 Å². The lowest BCUT2D eigenvalue weighted by Gasteiger charge is -2.19. The van der Waals surface area contributed by atoms with E-state index in [1.54, 1.807) is 60.8 Å². The molecule has 224 valence electrons. The lowest BCUT2D eigenvalue weighted by atomic mass is 10.1. The first kappa shape index (κ1) is 31.0. The van der Waals surface area contributed by atoms with Gasteiger partial charge in [-0.15, -0.1) is 0 Å². The van der Waals surface area contributed by atoms with E-state index in [2.05, 4.69) is 24.6 Å². The average molecular weight is 657 g/mol. The number of halogens is 2. The first-order valence-corrected chi connectivity index (χ1v) is 19.5. The van der Waals surface area contributed by atoms with Crippen LogP contribution in [0.1, 0.15) is 10.4 Å². The number of aromatic nitrogens is 3. The zero-order valence-corrected chi connectivity index (χ0v) is 27.5. The van der Waals surface area contributed by atoms with Crippen molar-refractivity contribution in [3.05, 3.63) is 94.7 Å². The summed E-state index contributed by atoms with van der Waals surface area (Å²) in [6.45, 7) is 7.44. The van der Waals surface area contributed by atoms with E-state index in [9.17, 15) is 13.2 Å². The van der Waals surface area contributed by atoms with E-state index in [0.717, 1.165) is 10.0 Å². The molecule has 12 heteroatoms. The van der Waals surface area contributed by atoms with Gasteiger partial charge in [0, 0.05) is 43.6 Å². The Kier molecular flexibility index (Phi) is 8.87. The van der Waals surface area contributed by atoms with Gasteiger partial charge in [0.1, 0.15) is 6.73 Å². The summed E-state index contributed by atoms with van der Waals surface area (Å²) in [5, 5.41) is 1.18. The van der Waals surface area contributed by atoms with Crippen molar-refractivity contribution in [3.8, 4) is 22.5 Å². The number of esters is 1. The van der Waals surface area contributed by atoms with Gasteiger partial charge in [-0.3, -0.25) is 0 Å². The van der Waals surface area contributed by atoms with Gasteiger partial charge in [0.05, 0.1) is 39.0 Å². The van der Waals surface area contributed by atoms with Crippen molar-refractivity contribution in [3.63, 3.8) is 0 Å². The number of pyridine rings is 1. The van der Waals surface area contributed by atoms with Gasteiger partial charge in [0.15, 0.2) is 5.65 Å². The highest BCUT2D eigenvalue weighted by molar-refractivity contribution is 7.90. The molecule has 0 aliphatic rings. The van der Waals surface area contributed by atoms with Crippen molar-refractivity contribution >= 4 is 58.3 Å². The number of carbonyl (C=O) groups is 1. The molecular weight excluding hydrogens is 625 g/mol. The third-order valence-electron chi connectivity index (χ3n) is 7.06. The maximum absolute atomic E-state index is 13.5. The molecular formula is C31H31Cl2N3O5SSi. The molecule has 5 rings (SSSR count). The highest BCUT2D eigenvalue weighted by Gasteiger charge is 2.28. The molecule has 3 aromatic heterocycles. The zero-order chi connectivity index (χ0) is 30.9. The molecule has 0 spiro atoms. The van der Waals surface area contributed by atoms with E-state index in [1.165, 1.54) is 25.4 Å². The lowest BCUT2D eigenvalue weighted by Crippen LogP contribution is -2.22. The van der Waals surface area contributed by atoms with E-state index in [1.807, 2.05) is 4.57 Å². The van der Waals surface area contributed by atoms with Gasteiger partial charge >= 0.3 is 5.97 Å². The normalized spacial score (nSPS) is 12.1. The van der Waals surface area contributed by atoms with Gasteiger partial charge in [0.2, 0.25) is 0 Å². The number of hydrogen-bond donors (Lipinski definition) is 0. The molecule has 0 saturated carbocycles. The van der Waals surface area contributed by atoms with E-state index < -0.39 is 24.1 Å². The molecule has 5 aromatic rings. The van der Waals surface area contributed by atoms with Crippen molar-refractivity contribution in [2.75, 3.05) is 13.7 Å². The molecule has 0 bridgehead atoms. The summed E-state index contributed by atoms with van der Waals surface area (Å²) in [7, 11) is -3.98. The van der Waals surface area contributed by atoms with Crippen LogP contribution in [0.5, 0.6) is 0 Å². The molecule has 3 heterocycles. The highest BCUT2D eigenvalue weighted by atomic mass is 35.5. The lowest BCUT2D eigenvalue weighted by molar-refractivity contribution is 0.0600. The third kappa shape index (κ3) is 6.16. The van der Waals surface area contributed by atoms with Crippen LogP contribution >= 0.6 is 23.2 Å². The fourth-order valence-corrected chi connectivity index (χ4v) is 7.29. The molecule has 0 saturated heterocycles. The number of ether oxygens (including phenoxy) is 2. The van der Waals surface area contributed by atoms with Gasteiger partial charge < -0.3 is 14.0 Å². The Morgan fingerprint density at radius 1 is 0.977 bits per heavy atom. The van der Waals surface area contributed by atoms with Gasteiger partial charge in [-0.05, 0) is 42.4 Å².